The molecule has 0 heterocycles. The second kappa shape index (κ2) is 1.87. The molecule has 0 radical (unpaired) electrons. The van der Waals surface area contributed by atoms with E-state index in [4.69, 9.17) is 5.11 Å². The number of hydrogen-bond acceptors (Lipinski definition) is 2. The van der Waals surface area contributed by atoms with Crippen LogP contribution in [-0.4, -0.2) is 10.9 Å². The smallest absolute Gasteiger partial charge is 0.149 e. The van der Waals surface area contributed by atoms with Gasteiger partial charge in [-0.05, 0) is 13.0 Å². The third-order valence-corrected chi connectivity index (χ3v) is 1.74. The molecule has 2 heteroatoms. The van der Waals surface area contributed by atoms with Crippen molar-refractivity contribution in [3.05, 3.63) is 11.8 Å². The van der Waals surface area contributed by atoms with E-state index < -0.39 is 0 Å². The molecule has 0 bridgehead atoms. The topological polar surface area (TPSA) is 37.3 Å². The lowest BCUT2D eigenvalue weighted by atomic mass is 10.0. The molecule has 0 aliphatic heterocycles. The normalized spacial score (nSPS) is 34.9. The van der Waals surface area contributed by atoms with E-state index in [1.807, 2.05) is 0 Å². The number of carbonyl (C=O) groups is 1. The van der Waals surface area contributed by atoms with E-state index in [2.05, 4.69) is 0 Å². The minimum atomic E-state index is -0.264. The zero-order valence-corrected chi connectivity index (χ0v) is 5.59. The summed E-state index contributed by atoms with van der Waals surface area (Å²) in [5.74, 6) is 0.000000000000000222. The van der Waals surface area contributed by atoms with E-state index in [1.165, 1.54) is 0 Å². The van der Waals surface area contributed by atoms with Gasteiger partial charge in [0, 0.05) is 5.92 Å². The number of aliphatic hydroxyl groups excluding tert-OH is 1. The van der Waals surface area contributed by atoms with Gasteiger partial charge in [-0.25, -0.2) is 0 Å². The molecule has 50 valence electrons. The third kappa shape index (κ3) is 0.846. The highest BCUT2D eigenvalue weighted by Gasteiger charge is 2.28. The van der Waals surface area contributed by atoms with Gasteiger partial charge in [0.05, 0.1) is 11.7 Å². The van der Waals surface area contributed by atoms with Crippen LogP contribution in [0.2, 0.25) is 0 Å². The molecule has 2 atom stereocenters. The van der Waals surface area contributed by atoms with Crippen molar-refractivity contribution < 1.29 is 9.90 Å². The Balaban J connectivity index is 2.82. The summed E-state index contributed by atoms with van der Waals surface area (Å²) in [7, 11) is 0. The van der Waals surface area contributed by atoms with Crippen LogP contribution in [0.15, 0.2) is 11.8 Å². The van der Waals surface area contributed by atoms with E-state index in [0.29, 0.717) is 0 Å². The first-order valence-electron chi connectivity index (χ1n) is 3.07. The molecule has 1 aliphatic rings. The van der Waals surface area contributed by atoms with E-state index in [0.717, 1.165) is 0 Å². The van der Waals surface area contributed by atoms with Gasteiger partial charge in [-0.2, -0.15) is 0 Å². The van der Waals surface area contributed by atoms with E-state index >= 15 is 0 Å². The Labute approximate surface area is 54.2 Å². The molecule has 0 saturated heterocycles. The Morgan fingerprint density at radius 2 is 2.11 bits per heavy atom. The molecular weight excluding hydrogens is 116 g/mol. The summed E-state index contributed by atoms with van der Waals surface area (Å²) in [4.78, 5) is 10.9. The molecule has 0 spiro atoms. The van der Waals surface area contributed by atoms with Crippen LogP contribution < -0.4 is 0 Å². The molecule has 0 saturated carbocycles. The van der Waals surface area contributed by atoms with Gasteiger partial charge in [-0.3, -0.25) is 4.79 Å². The summed E-state index contributed by atoms with van der Waals surface area (Å²) in [6.07, 6.45) is 1.60. The number of carbonyl (C=O) groups excluding carboxylic acids is 1. The molecule has 0 aromatic heterocycles. The van der Waals surface area contributed by atoms with Gasteiger partial charge in [0.15, 0.2) is 0 Å². The molecule has 0 amide bonds. The molecule has 1 aliphatic carbocycles. The van der Waals surface area contributed by atoms with Crippen molar-refractivity contribution in [2.24, 2.45) is 11.8 Å². The quantitative estimate of drug-likeness (QED) is 0.531. The van der Waals surface area contributed by atoms with Crippen LogP contribution in [0.25, 0.3) is 0 Å². The maximum atomic E-state index is 10.9. The fourth-order valence-electron chi connectivity index (χ4n) is 1.02. The number of ketones is 1. The van der Waals surface area contributed by atoms with Gasteiger partial charge >= 0.3 is 0 Å². The van der Waals surface area contributed by atoms with Gasteiger partial charge < -0.3 is 5.11 Å². The van der Waals surface area contributed by atoms with E-state index in [1.54, 1.807) is 19.9 Å². The van der Waals surface area contributed by atoms with Crippen molar-refractivity contribution in [3.63, 3.8) is 0 Å². The maximum absolute atomic E-state index is 10.9. The lowest BCUT2D eigenvalue weighted by molar-refractivity contribution is -0.122. The summed E-state index contributed by atoms with van der Waals surface area (Å²) in [5.41, 5.74) is 0. The first-order chi connectivity index (χ1) is 4.13. The summed E-state index contributed by atoms with van der Waals surface area (Å²) in [5, 5.41) is 8.98. The monoisotopic (exact) mass is 126 g/mol. The number of hydrogen-bond donors (Lipinski definition) is 1. The van der Waals surface area contributed by atoms with E-state index in [9.17, 15) is 4.79 Å². The van der Waals surface area contributed by atoms with Crippen LogP contribution in [0, 0.1) is 11.8 Å². The Morgan fingerprint density at radius 3 is 2.22 bits per heavy atom. The van der Waals surface area contributed by atoms with Gasteiger partial charge in [0.2, 0.25) is 0 Å². The van der Waals surface area contributed by atoms with Crippen molar-refractivity contribution in [3.8, 4) is 0 Å². The predicted molar refractivity (Wildman–Crippen MR) is 34.0 cm³/mol. The van der Waals surface area contributed by atoms with Gasteiger partial charge in [-0.15, -0.1) is 0 Å². The second-order valence-electron chi connectivity index (χ2n) is 2.50. The number of Topliss-reactive ketones (excluding diaryl/α,β-unsaturated/α-hetero) is 1. The maximum Gasteiger partial charge on any atom is 0.149 e. The van der Waals surface area contributed by atoms with Crippen molar-refractivity contribution in [1.29, 1.82) is 0 Å². The Morgan fingerprint density at radius 1 is 1.56 bits per heavy atom. The largest absolute Gasteiger partial charge is 0.512 e. The zero-order chi connectivity index (χ0) is 7.02. The molecule has 1 rings (SSSR count). The number of rotatable bonds is 0. The highest BCUT2D eigenvalue weighted by molar-refractivity contribution is 5.89. The molecule has 0 aromatic carbocycles. The van der Waals surface area contributed by atoms with Crippen molar-refractivity contribution >= 4 is 5.78 Å². The minimum absolute atomic E-state index is 0.0833. The van der Waals surface area contributed by atoms with Crippen LogP contribution in [0.1, 0.15) is 13.8 Å². The van der Waals surface area contributed by atoms with Crippen LogP contribution in [0.4, 0.5) is 0 Å². The SMILES string of the molecule is CC1C=C(O)C(C)C1=O. The van der Waals surface area contributed by atoms with Crippen LogP contribution in [0.5, 0.6) is 0 Å². The fraction of sp³-hybridized carbons (Fsp3) is 0.571. The van der Waals surface area contributed by atoms with Gasteiger partial charge in [0.25, 0.3) is 0 Å². The zero-order valence-electron chi connectivity index (χ0n) is 5.59. The highest BCUT2D eigenvalue weighted by Crippen LogP contribution is 2.23. The molecular formula is C7H10O2. The summed E-state index contributed by atoms with van der Waals surface area (Å²) in [6, 6.07) is 0. The fourth-order valence-corrected chi connectivity index (χ4v) is 1.02. The third-order valence-electron chi connectivity index (χ3n) is 1.74. The molecule has 0 fully saturated rings. The molecule has 1 N–H and O–H groups in total. The summed E-state index contributed by atoms with van der Waals surface area (Å²) >= 11 is 0. The molecule has 9 heavy (non-hydrogen) atoms. The van der Waals surface area contributed by atoms with Crippen molar-refractivity contribution in [1.82, 2.24) is 0 Å². The highest BCUT2D eigenvalue weighted by atomic mass is 16.3. The van der Waals surface area contributed by atoms with Crippen LogP contribution >= 0.6 is 0 Å². The Bertz CT molecular complexity index is 170. The lowest BCUT2D eigenvalue weighted by Gasteiger charge is -1.99. The average molecular weight is 126 g/mol. The van der Waals surface area contributed by atoms with E-state index in [-0.39, 0.29) is 23.4 Å². The number of aliphatic hydroxyl groups is 1. The van der Waals surface area contributed by atoms with Crippen molar-refractivity contribution in [2.75, 3.05) is 0 Å². The Kier molecular flexibility index (Phi) is 1.31. The van der Waals surface area contributed by atoms with Crippen LogP contribution in [0.3, 0.4) is 0 Å². The first-order valence-corrected chi connectivity index (χ1v) is 3.07. The minimum Gasteiger partial charge on any atom is -0.512 e. The van der Waals surface area contributed by atoms with Gasteiger partial charge in [-0.1, -0.05) is 6.92 Å². The summed E-state index contributed by atoms with van der Waals surface area (Å²) < 4.78 is 0. The first kappa shape index (κ1) is 6.33. The Hall–Kier alpha value is -0.790. The number of allylic oxidation sites excluding steroid dienone is 2. The predicted octanol–water partition coefficient (Wildman–Crippen LogP) is 1.28. The van der Waals surface area contributed by atoms with Crippen LogP contribution in [-0.2, 0) is 4.79 Å². The lowest BCUT2D eigenvalue weighted by Crippen LogP contribution is -2.10. The molecule has 2 nitrogen and oxygen atoms in total. The molecule has 0 aromatic rings. The second-order valence-corrected chi connectivity index (χ2v) is 2.50. The summed E-state index contributed by atoms with van der Waals surface area (Å²) in [6.45, 7) is 3.51. The van der Waals surface area contributed by atoms with Crippen molar-refractivity contribution in [2.45, 2.75) is 13.8 Å². The standard InChI is InChI=1S/C7H10O2/c1-4-3-6(8)5(2)7(4)9/h3-5,8H,1-2H3. The average Bonchev–Trinajstić information content (AvgIpc) is 1.98. The molecule has 2 unspecified atom stereocenters. The van der Waals surface area contributed by atoms with Gasteiger partial charge in [0.1, 0.15) is 5.78 Å².